The molecular weight excluding hydrogens is 383 g/mol. The van der Waals surface area contributed by atoms with Gasteiger partial charge in [0.25, 0.3) is 0 Å². The summed E-state index contributed by atoms with van der Waals surface area (Å²) in [5, 5.41) is 0. The van der Waals surface area contributed by atoms with Crippen molar-refractivity contribution >= 4 is 15.9 Å². The number of benzene rings is 1. The minimum absolute atomic E-state index is 0.0847. The van der Waals surface area contributed by atoms with Gasteiger partial charge in [-0.25, -0.2) is 12.8 Å². The lowest BCUT2D eigenvalue weighted by Crippen LogP contribution is -2.51. The van der Waals surface area contributed by atoms with Crippen LogP contribution in [0.4, 0.5) is 4.39 Å². The number of amides is 1. The first-order valence-electron chi connectivity index (χ1n) is 10.1. The molecule has 2 heterocycles. The molecule has 0 spiro atoms. The second kappa shape index (κ2) is 8.08. The van der Waals surface area contributed by atoms with Crippen molar-refractivity contribution < 1.29 is 22.3 Å². The summed E-state index contributed by atoms with van der Waals surface area (Å²) in [6.45, 7) is 2.02. The van der Waals surface area contributed by atoms with Crippen molar-refractivity contribution in [2.24, 2.45) is 5.92 Å². The topological polar surface area (TPSA) is 66.9 Å². The summed E-state index contributed by atoms with van der Waals surface area (Å²) in [6.07, 6.45) is 4.15. The maximum Gasteiger partial charge on any atom is 0.226 e. The Morgan fingerprint density at radius 1 is 1.14 bits per heavy atom. The van der Waals surface area contributed by atoms with Crippen molar-refractivity contribution in [3.05, 3.63) is 35.6 Å². The normalized spacial score (nSPS) is 24.4. The van der Waals surface area contributed by atoms with Gasteiger partial charge in [0.2, 0.25) is 15.9 Å². The summed E-state index contributed by atoms with van der Waals surface area (Å²) in [5.41, 5.74) is 0.443. The Morgan fingerprint density at radius 2 is 1.89 bits per heavy atom. The van der Waals surface area contributed by atoms with Gasteiger partial charge in [0.1, 0.15) is 5.82 Å². The lowest BCUT2D eigenvalue weighted by atomic mass is 10.0. The van der Waals surface area contributed by atoms with E-state index in [1.807, 2.05) is 4.90 Å². The van der Waals surface area contributed by atoms with Gasteiger partial charge in [-0.3, -0.25) is 4.79 Å². The number of carbonyl (C=O) groups is 1. The van der Waals surface area contributed by atoms with Crippen LogP contribution in [0.5, 0.6) is 0 Å². The Bertz CT molecular complexity index is 821. The van der Waals surface area contributed by atoms with Crippen LogP contribution in [-0.2, 0) is 25.3 Å². The molecule has 2 aliphatic heterocycles. The van der Waals surface area contributed by atoms with Gasteiger partial charge < -0.3 is 9.64 Å². The van der Waals surface area contributed by atoms with E-state index in [0.717, 1.165) is 25.7 Å². The monoisotopic (exact) mass is 410 g/mol. The van der Waals surface area contributed by atoms with Crippen LogP contribution in [0.2, 0.25) is 0 Å². The van der Waals surface area contributed by atoms with Gasteiger partial charge in [0, 0.05) is 44.3 Å². The minimum Gasteiger partial charge on any atom is -0.381 e. The van der Waals surface area contributed by atoms with E-state index in [0.29, 0.717) is 38.3 Å². The maximum atomic E-state index is 13.4. The molecular formula is C20H27FN2O4S. The molecule has 1 aromatic carbocycles. The molecule has 2 saturated heterocycles. The number of carbonyl (C=O) groups excluding carboxylic acids is 1. The van der Waals surface area contributed by atoms with Gasteiger partial charge in [-0.2, -0.15) is 4.31 Å². The van der Waals surface area contributed by atoms with E-state index in [2.05, 4.69) is 0 Å². The number of nitrogens with zero attached hydrogens (tertiary/aromatic N) is 2. The average Bonchev–Trinajstić information content (AvgIpc) is 3.40. The van der Waals surface area contributed by atoms with Crippen LogP contribution in [0.1, 0.15) is 37.7 Å². The summed E-state index contributed by atoms with van der Waals surface area (Å²) in [4.78, 5) is 14.9. The van der Waals surface area contributed by atoms with Gasteiger partial charge >= 0.3 is 0 Å². The van der Waals surface area contributed by atoms with Crippen molar-refractivity contribution in [2.45, 2.75) is 49.9 Å². The zero-order valence-electron chi connectivity index (χ0n) is 15.9. The van der Waals surface area contributed by atoms with Crippen molar-refractivity contribution in [2.75, 3.05) is 26.3 Å². The molecule has 0 aromatic heterocycles. The largest absolute Gasteiger partial charge is 0.381 e. The third-order valence-electron chi connectivity index (χ3n) is 5.92. The molecule has 1 unspecified atom stereocenters. The summed E-state index contributed by atoms with van der Waals surface area (Å²) < 4.78 is 46.0. The third kappa shape index (κ3) is 4.39. The fourth-order valence-corrected chi connectivity index (χ4v) is 5.85. The molecule has 4 rings (SSSR count). The highest BCUT2D eigenvalue weighted by Crippen LogP contribution is 2.35. The molecule has 1 atom stereocenters. The van der Waals surface area contributed by atoms with E-state index in [1.165, 1.54) is 22.5 Å². The van der Waals surface area contributed by atoms with Crippen molar-refractivity contribution in [1.82, 2.24) is 9.21 Å². The summed E-state index contributed by atoms with van der Waals surface area (Å²) in [6, 6.07) is 5.76. The lowest BCUT2D eigenvalue weighted by molar-refractivity contribution is -0.139. The zero-order chi connectivity index (χ0) is 19.7. The van der Waals surface area contributed by atoms with E-state index >= 15 is 0 Å². The highest BCUT2D eigenvalue weighted by atomic mass is 32.2. The quantitative estimate of drug-likeness (QED) is 0.721. The summed E-state index contributed by atoms with van der Waals surface area (Å²) >= 11 is 0. The van der Waals surface area contributed by atoms with Crippen molar-refractivity contribution in [3.63, 3.8) is 0 Å². The summed E-state index contributed by atoms with van der Waals surface area (Å²) in [7, 11) is -3.55. The predicted molar refractivity (Wildman–Crippen MR) is 102 cm³/mol. The number of hydrogen-bond acceptors (Lipinski definition) is 4. The number of halogens is 1. The van der Waals surface area contributed by atoms with E-state index in [9.17, 15) is 17.6 Å². The highest BCUT2D eigenvalue weighted by Gasteiger charge is 2.43. The van der Waals surface area contributed by atoms with Gasteiger partial charge in [0.05, 0.1) is 5.75 Å². The minimum atomic E-state index is -3.55. The van der Waals surface area contributed by atoms with Crippen LogP contribution >= 0.6 is 0 Å². The fraction of sp³-hybridized carbons (Fsp3) is 0.650. The molecule has 1 aromatic rings. The molecule has 154 valence electrons. The van der Waals surface area contributed by atoms with Crippen LogP contribution in [0.3, 0.4) is 0 Å². The fourth-order valence-electron chi connectivity index (χ4n) is 4.28. The number of hydrogen-bond donors (Lipinski definition) is 0. The van der Waals surface area contributed by atoms with Gasteiger partial charge in [-0.05, 0) is 49.8 Å². The SMILES string of the molecule is O=C(C1CC1)N(C1CCOCC1)C1CCN(S(=O)(=O)Cc2cccc(F)c2)C1. The highest BCUT2D eigenvalue weighted by molar-refractivity contribution is 7.88. The second-order valence-corrected chi connectivity index (χ2v) is 10.0. The van der Waals surface area contributed by atoms with Crippen LogP contribution in [0, 0.1) is 11.7 Å². The molecule has 3 fully saturated rings. The Morgan fingerprint density at radius 3 is 2.57 bits per heavy atom. The second-order valence-electron chi connectivity index (χ2n) is 8.05. The molecule has 0 N–H and O–H groups in total. The Labute approximate surface area is 165 Å². The van der Waals surface area contributed by atoms with Crippen molar-refractivity contribution in [3.8, 4) is 0 Å². The maximum absolute atomic E-state index is 13.4. The average molecular weight is 411 g/mol. The van der Waals surface area contributed by atoms with Crippen LogP contribution in [0.25, 0.3) is 0 Å². The van der Waals surface area contributed by atoms with Gasteiger partial charge in [0.15, 0.2) is 0 Å². The Balaban J connectivity index is 1.46. The first-order chi connectivity index (χ1) is 13.4. The van der Waals surface area contributed by atoms with E-state index in [4.69, 9.17) is 4.74 Å². The first-order valence-corrected chi connectivity index (χ1v) is 11.7. The molecule has 0 bridgehead atoms. The summed E-state index contributed by atoms with van der Waals surface area (Å²) in [5.74, 6) is -0.361. The molecule has 1 saturated carbocycles. The standard InChI is InChI=1S/C20H27FN2O4S/c21-17-3-1-2-15(12-17)14-28(25,26)22-9-6-19(13-22)23(20(24)16-4-5-16)18-7-10-27-11-8-18/h1-3,12,16,18-19H,4-11,13-14H2. The number of rotatable bonds is 6. The van der Waals surface area contributed by atoms with E-state index in [-0.39, 0.29) is 29.7 Å². The lowest BCUT2D eigenvalue weighted by Gasteiger charge is -2.38. The molecule has 3 aliphatic rings. The molecule has 8 heteroatoms. The van der Waals surface area contributed by atoms with Crippen molar-refractivity contribution in [1.29, 1.82) is 0 Å². The molecule has 28 heavy (non-hydrogen) atoms. The Hall–Kier alpha value is -1.51. The molecule has 6 nitrogen and oxygen atoms in total. The van der Waals surface area contributed by atoms with E-state index < -0.39 is 15.8 Å². The third-order valence-corrected chi connectivity index (χ3v) is 7.73. The predicted octanol–water partition coefficient (Wildman–Crippen LogP) is 2.15. The van der Waals surface area contributed by atoms with Crippen LogP contribution in [0.15, 0.2) is 24.3 Å². The molecule has 0 radical (unpaired) electrons. The molecule has 1 aliphatic carbocycles. The molecule has 1 amide bonds. The van der Waals surface area contributed by atoms with E-state index in [1.54, 1.807) is 6.07 Å². The van der Waals surface area contributed by atoms with Gasteiger partial charge in [-0.1, -0.05) is 12.1 Å². The van der Waals surface area contributed by atoms with Gasteiger partial charge in [-0.15, -0.1) is 0 Å². The Kier molecular flexibility index (Phi) is 5.71. The number of ether oxygens (including phenoxy) is 1. The van der Waals surface area contributed by atoms with Crippen LogP contribution < -0.4 is 0 Å². The first kappa shape index (κ1) is 19.8. The zero-order valence-corrected chi connectivity index (χ0v) is 16.7. The number of sulfonamides is 1. The smallest absolute Gasteiger partial charge is 0.226 e. The van der Waals surface area contributed by atoms with Crippen LogP contribution in [-0.4, -0.2) is 61.9 Å².